The normalized spacial score (nSPS) is 11.4. The second-order valence-electron chi connectivity index (χ2n) is 2.62. The number of hydroxylamine groups is 1. The summed E-state index contributed by atoms with van der Waals surface area (Å²) in [5.74, 6) is -1.70. The van der Waals surface area contributed by atoms with Gasteiger partial charge in [-0.3, -0.25) is 10.0 Å². The highest BCUT2D eigenvalue weighted by Gasteiger charge is 2.33. The van der Waals surface area contributed by atoms with Crippen LogP contribution in [0.3, 0.4) is 0 Å². The van der Waals surface area contributed by atoms with Crippen molar-refractivity contribution in [2.45, 2.75) is 26.1 Å². The summed E-state index contributed by atoms with van der Waals surface area (Å²) in [7, 11) is 0. The fourth-order valence-electron chi connectivity index (χ4n) is 1.08. The summed E-state index contributed by atoms with van der Waals surface area (Å²) >= 11 is 5.67. The molecule has 0 heterocycles. The molecule has 0 aromatic heterocycles. The Bertz CT molecular complexity index is 171. The van der Waals surface area contributed by atoms with Gasteiger partial charge in [0.15, 0.2) is 5.79 Å². The van der Waals surface area contributed by atoms with Gasteiger partial charge in [-0.15, -0.1) is 11.6 Å². The topological polar surface area (TPSA) is 67.8 Å². The van der Waals surface area contributed by atoms with Crippen LogP contribution in [0.2, 0.25) is 0 Å². The Morgan fingerprint density at radius 2 is 1.93 bits per heavy atom. The van der Waals surface area contributed by atoms with Crippen LogP contribution < -0.4 is 5.48 Å². The summed E-state index contributed by atoms with van der Waals surface area (Å²) in [5, 5.41) is 8.38. The number of hydrogen-bond donors (Lipinski definition) is 2. The molecule has 0 bridgehead atoms. The molecule has 0 rings (SSSR count). The number of carbonyl (C=O) groups excluding carboxylic acids is 1. The Morgan fingerprint density at radius 1 is 1.43 bits per heavy atom. The van der Waals surface area contributed by atoms with E-state index in [1.54, 1.807) is 13.8 Å². The molecule has 2 N–H and O–H groups in total. The molecule has 0 saturated heterocycles. The van der Waals surface area contributed by atoms with Crippen LogP contribution in [0.25, 0.3) is 0 Å². The Hall–Kier alpha value is -0.360. The van der Waals surface area contributed by atoms with E-state index in [2.05, 4.69) is 0 Å². The van der Waals surface area contributed by atoms with Crippen LogP contribution in [-0.2, 0) is 14.3 Å². The molecule has 0 spiro atoms. The number of nitrogens with one attached hydrogen (secondary N) is 1. The maximum Gasteiger partial charge on any atom is 0.248 e. The fraction of sp³-hybridized carbons (Fsp3) is 0.875. The quantitative estimate of drug-likeness (QED) is 0.292. The third kappa shape index (κ3) is 4.23. The molecular weight excluding hydrogens is 210 g/mol. The van der Waals surface area contributed by atoms with E-state index in [9.17, 15) is 4.79 Å². The molecule has 0 fully saturated rings. The van der Waals surface area contributed by atoms with Gasteiger partial charge in [-0.25, -0.2) is 5.48 Å². The van der Waals surface area contributed by atoms with Crippen LogP contribution in [-0.4, -0.2) is 36.0 Å². The van der Waals surface area contributed by atoms with E-state index in [4.69, 9.17) is 26.3 Å². The summed E-state index contributed by atoms with van der Waals surface area (Å²) < 4.78 is 10.5. The van der Waals surface area contributed by atoms with Crippen molar-refractivity contribution in [3.05, 3.63) is 0 Å². The molecule has 0 aliphatic heterocycles. The molecule has 1 amide bonds. The minimum atomic E-state index is -1.14. The first kappa shape index (κ1) is 13.6. The van der Waals surface area contributed by atoms with Gasteiger partial charge < -0.3 is 9.47 Å². The van der Waals surface area contributed by atoms with Crippen LogP contribution in [0.1, 0.15) is 20.3 Å². The van der Waals surface area contributed by atoms with E-state index in [1.165, 1.54) is 5.48 Å². The predicted octanol–water partition coefficient (Wildman–Crippen LogP) is 0.890. The van der Waals surface area contributed by atoms with Gasteiger partial charge in [0, 0.05) is 13.2 Å². The summed E-state index contributed by atoms with van der Waals surface area (Å²) in [6.07, 6.45) is -0.130. The van der Waals surface area contributed by atoms with E-state index >= 15 is 0 Å². The molecule has 0 radical (unpaired) electrons. The fourth-order valence-corrected chi connectivity index (χ4v) is 1.33. The summed E-state index contributed by atoms with van der Waals surface area (Å²) in [5.41, 5.74) is 1.51. The maximum atomic E-state index is 11.0. The SMILES string of the molecule is CCOC(CCl)(CC(=O)NO)OCC. The van der Waals surface area contributed by atoms with E-state index < -0.39 is 11.7 Å². The van der Waals surface area contributed by atoms with Crippen molar-refractivity contribution in [2.24, 2.45) is 0 Å². The number of rotatable bonds is 7. The van der Waals surface area contributed by atoms with Gasteiger partial charge in [-0.2, -0.15) is 0 Å². The molecule has 14 heavy (non-hydrogen) atoms. The van der Waals surface area contributed by atoms with E-state index in [-0.39, 0.29) is 12.3 Å². The van der Waals surface area contributed by atoms with Gasteiger partial charge in [-0.1, -0.05) is 0 Å². The first-order chi connectivity index (χ1) is 6.64. The Morgan fingerprint density at radius 3 is 2.21 bits per heavy atom. The largest absolute Gasteiger partial charge is 0.348 e. The average molecular weight is 226 g/mol. The van der Waals surface area contributed by atoms with E-state index in [0.717, 1.165) is 0 Å². The van der Waals surface area contributed by atoms with Gasteiger partial charge >= 0.3 is 0 Å². The third-order valence-electron chi connectivity index (χ3n) is 1.57. The monoisotopic (exact) mass is 225 g/mol. The standard InChI is InChI=1S/C8H16ClNO4/c1-3-13-8(6-9,14-4-2)5-7(11)10-12/h12H,3-6H2,1-2H3,(H,10,11). The number of amides is 1. The van der Waals surface area contributed by atoms with E-state index in [0.29, 0.717) is 13.2 Å². The van der Waals surface area contributed by atoms with Crippen LogP contribution >= 0.6 is 11.6 Å². The van der Waals surface area contributed by atoms with Crippen molar-refractivity contribution in [1.82, 2.24) is 5.48 Å². The molecule has 84 valence electrons. The van der Waals surface area contributed by atoms with Crippen molar-refractivity contribution in [1.29, 1.82) is 0 Å². The molecule has 0 aliphatic carbocycles. The lowest BCUT2D eigenvalue weighted by atomic mass is 10.2. The molecular formula is C8H16ClNO4. The molecule has 5 nitrogen and oxygen atoms in total. The smallest absolute Gasteiger partial charge is 0.248 e. The number of alkyl halides is 1. The van der Waals surface area contributed by atoms with Crippen LogP contribution in [0.5, 0.6) is 0 Å². The second kappa shape index (κ2) is 7.00. The highest BCUT2D eigenvalue weighted by atomic mass is 35.5. The number of halogens is 1. The summed E-state index contributed by atoms with van der Waals surface area (Å²) in [4.78, 5) is 11.0. The zero-order chi connectivity index (χ0) is 11.0. The van der Waals surface area contributed by atoms with Crippen molar-refractivity contribution in [2.75, 3.05) is 19.1 Å². The van der Waals surface area contributed by atoms with Crippen molar-refractivity contribution < 1.29 is 19.5 Å². The predicted molar refractivity (Wildman–Crippen MR) is 51.2 cm³/mol. The number of hydrogen-bond acceptors (Lipinski definition) is 4. The lowest BCUT2D eigenvalue weighted by Gasteiger charge is -2.30. The molecule has 0 aliphatic rings. The Labute approximate surface area is 88.3 Å². The first-order valence-electron chi connectivity index (χ1n) is 4.41. The van der Waals surface area contributed by atoms with E-state index in [1.807, 2.05) is 0 Å². The van der Waals surface area contributed by atoms with Crippen LogP contribution in [0.15, 0.2) is 0 Å². The van der Waals surface area contributed by atoms with Crippen LogP contribution in [0.4, 0.5) is 0 Å². The minimum absolute atomic E-state index is 0.0299. The third-order valence-corrected chi connectivity index (χ3v) is 1.98. The summed E-state index contributed by atoms with van der Waals surface area (Å²) in [6.45, 7) is 4.31. The lowest BCUT2D eigenvalue weighted by molar-refractivity contribution is -0.222. The molecule has 0 aromatic rings. The summed E-state index contributed by atoms with van der Waals surface area (Å²) in [6, 6.07) is 0. The van der Waals surface area contributed by atoms with Gasteiger partial charge in [0.25, 0.3) is 0 Å². The maximum absolute atomic E-state index is 11.0. The zero-order valence-electron chi connectivity index (χ0n) is 8.38. The van der Waals surface area contributed by atoms with Gasteiger partial charge in [0.1, 0.15) is 0 Å². The Balaban J connectivity index is 4.39. The number of ether oxygens (including phenoxy) is 2. The van der Waals surface area contributed by atoms with Crippen LogP contribution in [0, 0.1) is 0 Å². The molecule has 6 heteroatoms. The van der Waals surface area contributed by atoms with Crippen molar-refractivity contribution in [3.8, 4) is 0 Å². The van der Waals surface area contributed by atoms with Crippen molar-refractivity contribution in [3.63, 3.8) is 0 Å². The van der Waals surface area contributed by atoms with Gasteiger partial charge in [-0.05, 0) is 13.8 Å². The zero-order valence-corrected chi connectivity index (χ0v) is 9.13. The molecule has 0 saturated carbocycles. The molecule has 0 atom stereocenters. The number of carbonyl (C=O) groups is 1. The molecule has 0 unspecified atom stereocenters. The van der Waals surface area contributed by atoms with Crippen molar-refractivity contribution >= 4 is 17.5 Å². The Kier molecular flexibility index (Phi) is 6.82. The highest BCUT2D eigenvalue weighted by molar-refractivity contribution is 6.18. The lowest BCUT2D eigenvalue weighted by Crippen LogP contribution is -2.43. The van der Waals surface area contributed by atoms with Gasteiger partial charge in [0.05, 0.1) is 12.3 Å². The minimum Gasteiger partial charge on any atom is -0.348 e. The second-order valence-corrected chi connectivity index (χ2v) is 2.89. The first-order valence-corrected chi connectivity index (χ1v) is 4.94. The molecule has 0 aromatic carbocycles. The highest BCUT2D eigenvalue weighted by Crippen LogP contribution is 2.20. The average Bonchev–Trinajstić information content (AvgIpc) is 2.18. The van der Waals surface area contributed by atoms with Gasteiger partial charge in [0.2, 0.25) is 5.91 Å².